The van der Waals surface area contributed by atoms with Gasteiger partial charge >= 0.3 is 0 Å². The molecule has 0 aromatic heterocycles. The molecule has 14 heavy (non-hydrogen) atoms. The van der Waals surface area contributed by atoms with Crippen molar-refractivity contribution in [3.05, 3.63) is 0 Å². The van der Waals surface area contributed by atoms with Crippen LogP contribution in [-0.4, -0.2) is 25.0 Å². The van der Waals surface area contributed by atoms with E-state index in [1.54, 1.807) is 12.8 Å². The van der Waals surface area contributed by atoms with Crippen LogP contribution >= 0.6 is 0 Å². The van der Waals surface area contributed by atoms with Gasteiger partial charge in [0.2, 0.25) is 0 Å². The lowest BCUT2D eigenvalue weighted by Crippen LogP contribution is -2.36. The molecule has 2 aliphatic carbocycles. The molecular formula is C13H23N. The molecule has 4 unspecified atom stereocenters. The van der Waals surface area contributed by atoms with Crippen LogP contribution in [0.3, 0.4) is 0 Å². The minimum absolute atomic E-state index is 1.06. The average Bonchev–Trinajstić information content (AvgIpc) is 2.47. The second-order valence-corrected chi connectivity index (χ2v) is 5.93. The Hall–Kier alpha value is -0.0400. The van der Waals surface area contributed by atoms with E-state index < -0.39 is 0 Å². The highest BCUT2D eigenvalue weighted by Gasteiger charge is 2.43. The van der Waals surface area contributed by atoms with E-state index in [1.165, 1.54) is 38.8 Å². The largest absolute Gasteiger partial charge is 0.306 e. The molecule has 2 saturated carbocycles. The SMILES string of the molecule is CN1CC2CCC(C1)C1CCCCC21. The van der Waals surface area contributed by atoms with Crippen LogP contribution in [0.5, 0.6) is 0 Å². The molecule has 4 atom stereocenters. The van der Waals surface area contributed by atoms with E-state index >= 15 is 0 Å². The number of hydrogen-bond acceptors (Lipinski definition) is 1. The first kappa shape index (κ1) is 9.21. The van der Waals surface area contributed by atoms with Gasteiger partial charge in [0.25, 0.3) is 0 Å². The van der Waals surface area contributed by atoms with Gasteiger partial charge in [0.05, 0.1) is 0 Å². The highest BCUT2D eigenvalue weighted by molar-refractivity contribution is 4.94. The van der Waals surface area contributed by atoms with Gasteiger partial charge in [-0.25, -0.2) is 0 Å². The van der Waals surface area contributed by atoms with Crippen LogP contribution in [-0.2, 0) is 0 Å². The summed E-state index contributed by atoms with van der Waals surface area (Å²) in [5.74, 6) is 4.35. The second kappa shape index (κ2) is 3.52. The predicted molar refractivity (Wildman–Crippen MR) is 59.2 cm³/mol. The first-order valence-corrected chi connectivity index (χ1v) is 6.53. The monoisotopic (exact) mass is 193 g/mol. The molecule has 4 aliphatic rings. The van der Waals surface area contributed by atoms with Crippen LogP contribution in [0, 0.1) is 23.7 Å². The molecule has 80 valence electrons. The molecule has 0 spiro atoms. The van der Waals surface area contributed by atoms with E-state index in [1.807, 2.05) is 0 Å². The normalized spacial score (nSPS) is 48.6. The fraction of sp³-hybridized carbons (Fsp3) is 1.00. The molecule has 1 nitrogen and oxygen atoms in total. The Labute approximate surface area is 87.9 Å². The highest BCUT2D eigenvalue weighted by atomic mass is 15.1. The van der Waals surface area contributed by atoms with Gasteiger partial charge in [0.15, 0.2) is 0 Å². The standard InChI is InChI=1S/C13H23N/c1-14-8-10-6-7-11(9-14)13-5-3-2-4-12(10)13/h10-13H,2-9H2,1H3. The van der Waals surface area contributed by atoms with Crippen LogP contribution in [0.15, 0.2) is 0 Å². The molecular weight excluding hydrogens is 170 g/mol. The maximum atomic E-state index is 2.61. The summed E-state index contributed by atoms with van der Waals surface area (Å²) in [7, 11) is 2.34. The van der Waals surface area contributed by atoms with E-state index in [2.05, 4.69) is 11.9 Å². The zero-order valence-electron chi connectivity index (χ0n) is 9.41. The Kier molecular flexibility index (Phi) is 2.31. The van der Waals surface area contributed by atoms with Crippen molar-refractivity contribution in [1.29, 1.82) is 0 Å². The molecule has 2 bridgehead atoms. The summed E-state index contributed by atoms with van der Waals surface area (Å²) in [6.45, 7) is 2.80. The van der Waals surface area contributed by atoms with Gasteiger partial charge in [-0.1, -0.05) is 12.8 Å². The Morgan fingerprint density at radius 3 is 1.79 bits per heavy atom. The van der Waals surface area contributed by atoms with Gasteiger partial charge in [0.1, 0.15) is 0 Å². The van der Waals surface area contributed by atoms with E-state index in [4.69, 9.17) is 0 Å². The average molecular weight is 193 g/mol. The summed E-state index contributed by atoms with van der Waals surface area (Å²) in [5, 5.41) is 0. The minimum Gasteiger partial charge on any atom is -0.306 e. The van der Waals surface area contributed by atoms with Crippen LogP contribution in [0.25, 0.3) is 0 Å². The topological polar surface area (TPSA) is 3.24 Å². The zero-order valence-corrected chi connectivity index (χ0v) is 9.41. The smallest absolute Gasteiger partial charge is 0.000948 e. The summed E-state index contributed by atoms with van der Waals surface area (Å²) in [4.78, 5) is 2.61. The van der Waals surface area contributed by atoms with Gasteiger partial charge in [-0.2, -0.15) is 0 Å². The molecule has 0 amide bonds. The molecule has 0 N–H and O–H groups in total. The van der Waals surface area contributed by atoms with Crippen molar-refractivity contribution < 1.29 is 0 Å². The molecule has 4 fully saturated rings. The van der Waals surface area contributed by atoms with E-state index in [0.29, 0.717) is 0 Å². The Bertz CT molecular complexity index is 191. The van der Waals surface area contributed by atoms with Crippen molar-refractivity contribution in [2.75, 3.05) is 20.1 Å². The van der Waals surface area contributed by atoms with E-state index in [9.17, 15) is 0 Å². The highest BCUT2D eigenvalue weighted by Crippen LogP contribution is 2.48. The number of fused-ring (bicyclic) bond motifs is 3. The molecule has 0 aromatic rings. The third kappa shape index (κ3) is 1.41. The van der Waals surface area contributed by atoms with Crippen LogP contribution < -0.4 is 0 Å². The van der Waals surface area contributed by atoms with E-state index in [0.717, 1.165) is 23.7 Å². The molecule has 1 heteroatoms. The lowest BCUT2D eigenvalue weighted by atomic mass is 9.62. The van der Waals surface area contributed by atoms with Gasteiger partial charge in [-0.05, 0) is 56.4 Å². The Morgan fingerprint density at radius 2 is 1.29 bits per heavy atom. The second-order valence-electron chi connectivity index (χ2n) is 5.93. The lowest BCUT2D eigenvalue weighted by molar-refractivity contribution is 0.0766. The fourth-order valence-electron chi connectivity index (χ4n) is 4.54. The first-order chi connectivity index (χ1) is 6.84. The molecule has 2 heterocycles. The summed E-state index contributed by atoms with van der Waals surface area (Å²) in [6.07, 6.45) is 9.23. The summed E-state index contributed by atoms with van der Waals surface area (Å²) >= 11 is 0. The summed E-state index contributed by atoms with van der Waals surface area (Å²) in [5.41, 5.74) is 0. The minimum atomic E-state index is 1.06. The van der Waals surface area contributed by atoms with Gasteiger partial charge in [-0.15, -0.1) is 0 Å². The van der Waals surface area contributed by atoms with E-state index in [-0.39, 0.29) is 0 Å². The number of nitrogens with zero attached hydrogens (tertiary/aromatic N) is 1. The quantitative estimate of drug-likeness (QED) is 0.572. The fourth-order valence-corrected chi connectivity index (χ4v) is 4.54. The first-order valence-electron chi connectivity index (χ1n) is 6.53. The number of hydrogen-bond donors (Lipinski definition) is 0. The maximum absolute atomic E-state index is 2.61. The maximum Gasteiger partial charge on any atom is 0.000948 e. The third-order valence-electron chi connectivity index (χ3n) is 5.09. The Morgan fingerprint density at radius 1 is 0.786 bits per heavy atom. The molecule has 2 aliphatic heterocycles. The molecule has 4 rings (SSSR count). The van der Waals surface area contributed by atoms with Crippen molar-refractivity contribution in [3.63, 3.8) is 0 Å². The predicted octanol–water partition coefficient (Wildman–Crippen LogP) is 2.76. The van der Waals surface area contributed by atoms with Crippen LogP contribution in [0.2, 0.25) is 0 Å². The Balaban J connectivity index is 1.85. The molecule has 2 saturated heterocycles. The molecule has 0 radical (unpaired) electrons. The molecule has 0 aromatic carbocycles. The van der Waals surface area contributed by atoms with Crippen LogP contribution in [0.1, 0.15) is 38.5 Å². The van der Waals surface area contributed by atoms with Crippen molar-refractivity contribution >= 4 is 0 Å². The number of rotatable bonds is 0. The van der Waals surface area contributed by atoms with Gasteiger partial charge in [0, 0.05) is 13.1 Å². The van der Waals surface area contributed by atoms with Crippen molar-refractivity contribution in [1.82, 2.24) is 4.90 Å². The van der Waals surface area contributed by atoms with Gasteiger partial charge in [-0.3, -0.25) is 0 Å². The van der Waals surface area contributed by atoms with Crippen molar-refractivity contribution in [2.45, 2.75) is 38.5 Å². The summed E-state index contributed by atoms with van der Waals surface area (Å²) < 4.78 is 0. The zero-order chi connectivity index (χ0) is 9.54. The van der Waals surface area contributed by atoms with Gasteiger partial charge < -0.3 is 4.90 Å². The van der Waals surface area contributed by atoms with Crippen molar-refractivity contribution in [3.8, 4) is 0 Å². The van der Waals surface area contributed by atoms with Crippen molar-refractivity contribution in [2.24, 2.45) is 23.7 Å². The third-order valence-corrected chi connectivity index (χ3v) is 5.09. The summed E-state index contributed by atoms with van der Waals surface area (Å²) in [6, 6.07) is 0. The lowest BCUT2D eigenvalue weighted by Gasteiger charge is -2.43. The van der Waals surface area contributed by atoms with Crippen LogP contribution in [0.4, 0.5) is 0 Å².